The molecule has 2 heterocycles. The fourth-order valence-corrected chi connectivity index (χ4v) is 3.63. The minimum absolute atomic E-state index is 0.168. The number of hydrogen-bond donors (Lipinski definition) is 2. The van der Waals surface area contributed by atoms with Crippen molar-refractivity contribution in [2.75, 3.05) is 11.9 Å². The zero-order chi connectivity index (χ0) is 18.5. The third-order valence-corrected chi connectivity index (χ3v) is 5.01. The molecule has 1 aromatic heterocycles. The summed E-state index contributed by atoms with van der Waals surface area (Å²) in [6, 6.07) is 8.90. The van der Waals surface area contributed by atoms with Crippen LogP contribution in [-0.2, 0) is 16.0 Å². The second kappa shape index (κ2) is 8.09. The van der Waals surface area contributed by atoms with Crippen LogP contribution in [0.1, 0.15) is 35.3 Å². The SMILES string of the molecule is O=C(CCc1ccccc1)Nc1nc(C(=O)N2CCCC2C(=O)O)cs1. The highest BCUT2D eigenvalue weighted by Crippen LogP contribution is 2.23. The molecule has 2 aromatic rings. The monoisotopic (exact) mass is 373 g/mol. The van der Waals surface area contributed by atoms with Crippen LogP contribution in [0.3, 0.4) is 0 Å². The van der Waals surface area contributed by atoms with Gasteiger partial charge in [-0.25, -0.2) is 9.78 Å². The lowest BCUT2D eigenvalue weighted by Crippen LogP contribution is -2.40. The molecular weight excluding hydrogens is 354 g/mol. The standard InChI is InChI=1S/C18H19N3O4S/c22-15(9-8-12-5-2-1-3-6-12)20-18-19-13(11-26-18)16(23)21-10-4-7-14(21)17(24)25/h1-3,5-6,11,14H,4,7-10H2,(H,24,25)(H,19,20,22). The van der Waals surface area contributed by atoms with Crippen LogP contribution in [0.4, 0.5) is 5.13 Å². The van der Waals surface area contributed by atoms with E-state index in [4.69, 9.17) is 0 Å². The number of carbonyl (C=O) groups is 3. The summed E-state index contributed by atoms with van der Waals surface area (Å²) in [4.78, 5) is 41.2. The highest BCUT2D eigenvalue weighted by Gasteiger charge is 2.35. The number of aryl methyl sites for hydroxylation is 1. The number of hydrogen-bond acceptors (Lipinski definition) is 5. The van der Waals surface area contributed by atoms with E-state index in [1.807, 2.05) is 30.3 Å². The van der Waals surface area contributed by atoms with Crippen LogP contribution in [0.25, 0.3) is 0 Å². The van der Waals surface area contributed by atoms with Gasteiger partial charge in [-0.3, -0.25) is 9.59 Å². The number of benzene rings is 1. The molecule has 0 bridgehead atoms. The average molecular weight is 373 g/mol. The summed E-state index contributed by atoms with van der Waals surface area (Å²) in [5.41, 5.74) is 1.24. The average Bonchev–Trinajstić information content (AvgIpc) is 3.30. The maximum absolute atomic E-state index is 12.5. The van der Waals surface area contributed by atoms with Crippen LogP contribution >= 0.6 is 11.3 Å². The predicted molar refractivity (Wildman–Crippen MR) is 97.2 cm³/mol. The Bertz CT molecular complexity index is 806. The Morgan fingerprint density at radius 2 is 2.04 bits per heavy atom. The lowest BCUT2D eigenvalue weighted by Gasteiger charge is -2.20. The highest BCUT2D eigenvalue weighted by molar-refractivity contribution is 7.14. The molecule has 3 rings (SSSR count). The van der Waals surface area contributed by atoms with Gasteiger partial charge in [0.15, 0.2) is 5.13 Å². The Morgan fingerprint density at radius 3 is 2.77 bits per heavy atom. The minimum atomic E-state index is -1.000. The van der Waals surface area contributed by atoms with Gasteiger partial charge in [0, 0.05) is 18.3 Å². The molecule has 1 aliphatic rings. The zero-order valence-corrected chi connectivity index (χ0v) is 14.9. The first-order chi connectivity index (χ1) is 12.5. The van der Waals surface area contributed by atoms with Crippen molar-refractivity contribution in [2.24, 2.45) is 0 Å². The van der Waals surface area contributed by atoms with Gasteiger partial charge in [-0.2, -0.15) is 0 Å². The van der Waals surface area contributed by atoms with Crippen molar-refractivity contribution in [3.63, 3.8) is 0 Å². The molecular formula is C18H19N3O4S. The summed E-state index contributed by atoms with van der Waals surface area (Å²) in [5, 5.41) is 13.8. The first-order valence-electron chi connectivity index (χ1n) is 8.37. The summed E-state index contributed by atoms with van der Waals surface area (Å²) in [6.45, 7) is 0.409. The smallest absolute Gasteiger partial charge is 0.326 e. The van der Waals surface area contributed by atoms with Crippen molar-refractivity contribution in [2.45, 2.75) is 31.7 Å². The number of anilines is 1. The number of carbonyl (C=O) groups excluding carboxylic acids is 2. The van der Waals surface area contributed by atoms with Gasteiger partial charge in [0.05, 0.1) is 0 Å². The number of carboxylic acids is 1. The van der Waals surface area contributed by atoms with Gasteiger partial charge >= 0.3 is 5.97 Å². The normalized spacial score (nSPS) is 16.5. The molecule has 0 saturated carbocycles. The van der Waals surface area contributed by atoms with Crippen LogP contribution in [0, 0.1) is 0 Å². The number of rotatable bonds is 6. The molecule has 2 amide bonds. The fourth-order valence-electron chi connectivity index (χ4n) is 2.93. The van der Waals surface area contributed by atoms with Crippen LogP contribution in [-0.4, -0.2) is 45.4 Å². The van der Waals surface area contributed by atoms with Crippen molar-refractivity contribution in [1.82, 2.24) is 9.88 Å². The third kappa shape index (κ3) is 4.26. The van der Waals surface area contributed by atoms with E-state index in [1.54, 1.807) is 5.38 Å². The van der Waals surface area contributed by atoms with Crippen LogP contribution in [0.15, 0.2) is 35.7 Å². The van der Waals surface area contributed by atoms with E-state index in [-0.39, 0.29) is 11.6 Å². The van der Waals surface area contributed by atoms with Crippen molar-refractivity contribution >= 4 is 34.3 Å². The van der Waals surface area contributed by atoms with Crippen molar-refractivity contribution in [3.8, 4) is 0 Å². The van der Waals surface area contributed by atoms with E-state index < -0.39 is 17.9 Å². The molecule has 8 heteroatoms. The third-order valence-electron chi connectivity index (χ3n) is 4.25. The zero-order valence-electron chi connectivity index (χ0n) is 14.1. The van der Waals surface area contributed by atoms with Crippen molar-refractivity contribution < 1.29 is 19.5 Å². The van der Waals surface area contributed by atoms with E-state index in [0.29, 0.717) is 37.4 Å². The Morgan fingerprint density at radius 1 is 1.27 bits per heavy atom. The molecule has 1 aromatic carbocycles. The Kier molecular flexibility index (Phi) is 5.62. The van der Waals surface area contributed by atoms with Gasteiger partial charge < -0.3 is 15.3 Å². The molecule has 136 valence electrons. The number of aromatic nitrogens is 1. The summed E-state index contributed by atoms with van der Waals surface area (Å²) in [5.74, 6) is -1.58. The number of carboxylic acid groups (broad SMARTS) is 1. The number of amides is 2. The predicted octanol–water partition coefficient (Wildman–Crippen LogP) is 2.40. The van der Waals surface area contributed by atoms with Gasteiger partial charge in [-0.05, 0) is 24.8 Å². The maximum atomic E-state index is 12.5. The molecule has 7 nitrogen and oxygen atoms in total. The van der Waals surface area contributed by atoms with Gasteiger partial charge in [-0.15, -0.1) is 11.3 Å². The first-order valence-corrected chi connectivity index (χ1v) is 9.25. The summed E-state index contributed by atoms with van der Waals surface area (Å²) in [6.07, 6.45) is 2.06. The molecule has 0 radical (unpaired) electrons. The minimum Gasteiger partial charge on any atom is -0.480 e. The first kappa shape index (κ1) is 18.1. The second-order valence-corrected chi connectivity index (χ2v) is 6.92. The molecule has 2 N–H and O–H groups in total. The Hall–Kier alpha value is -2.74. The lowest BCUT2D eigenvalue weighted by atomic mass is 10.1. The lowest BCUT2D eigenvalue weighted by molar-refractivity contribution is -0.141. The van der Waals surface area contributed by atoms with Crippen molar-refractivity contribution in [1.29, 1.82) is 0 Å². The second-order valence-electron chi connectivity index (χ2n) is 6.07. The number of nitrogens with one attached hydrogen (secondary N) is 1. The molecule has 1 atom stereocenters. The van der Waals surface area contributed by atoms with E-state index in [0.717, 1.165) is 16.9 Å². The van der Waals surface area contributed by atoms with E-state index >= 15 is 0 Å². The fraction of sp³-hybridized carbons (Fsp3) is 0.333. The van der Waals surface area contributed by atoms with Gasteiger partial charge in [0.2, 0.25) is 5.91 Å². The van der Waals surface area contributed by atoms with E-state index in [2.05, 4.69) is 10.3 Å². The maximum Gasteiger partial charge on any atom is 0.326 e. The Balaban J connectivity index is 1.56. The molecule has 1 saturated heterocycles. The molecule has 1 unspecified atom stereocenters. The Labute approximate surface area is 154 Å². The molecule has 0 spiro atoms. The molecule has 1 fully saturated rings. The molecule has 26 heavy (non-hydrogen) atoms. The van der Waals surface area contributed by atoms with Crippen LogP contribution in [0.5, 0.6) is 0 Å². The largest absolute Gasteiger partial charge is 0.480 e. The topological polar surface area (TPSA) is 99.6 Å². The highest BCUT2D eigenvalue weighted by atomic mass is 32.1. The van der Waals surface area contributed by atoms with Gasteiger partial charge in [-0.1, -0.05) is 30.3 Å². The van der Waals surface area contributed by atoms with E-state index in [9.17, 15) is 19.5 Å². The van der Waals surface area contributed by atoms with Crippen molar-refractivity contribution in [3.05, 3.63) is 47.0 Å². The summed E-state index contributed by atoms with van der Waals surface area (Å²) < 4.78 is 0. The van der Waals surface area contributed by atoms with Gasteiger partial charge in [0.25, 0.3) is 5.91 Å². The molecule has 1 aliphatic heterocycles. The number of nitrogens with zero attached hydrogens (tertiary/aromatic N) is 2. The number of aliphatic carboxylic acids is 1. The summed E-state index contributed by atoms with van der Waals surface area (Å²) in [7, 11) is 0. The quantitative estimate of drug-likeness (QED) is 0.810. The summed E-state index contributed by atoms with van der Waals surface area (Å²) >= 11 is 1.16. The van der Waals surface area contributed by atoms with E-state index in [1.165, 1.54) is 4.90 Å². The van der Waals surface area contributed by atoms with Crippen LogP contribution < -0.4 is 5.32 Å². The number of thiazole rings is 1. The van der Waals surface area contributed by atoms with Gasteiger partial charge in [0.1, 0.15) is 11.7 Å². The number of likely N-dealkylation sites (tertiary alicyclic amines) is 1. The van der Waals surface area contributed by atoms with Crippen LogP contribution in [0.2, 0.25) is 0 Å². The molecule has 0 aliphatic carbocycles.